The minimum absolute atomic E-state index is 0.216. The van der Waals surface area contributed by atoms with E-state index >= 15 is 0 Å². The van der Waals surface area contributed by atoms with Crippen LogP contribution in [0, 0.1) is 0 Å². The highest BCUT2D eigenvalue weighted by Crippen LogP contribution is 2.40. The maximum Gasteiger partial charge on any atom is 0.258 e. The highest BCUT2D eigenvalue weighted by Gasteiger charge is 2.26. The number of carbonyl (C=O) groups is 2. The van der Waals surface area contributed by atoms with E-state index in [9.17, 15) is 9.59 Å². The van der Waals surface area contributed by atoms with E-state index in [1.54, 1.807) is 37.3 Å². The van der Waals surface area contributed by atoms with Gasteiger partial charge in [-0.05, 0) is 45.0 Å². The number of rotatable bonds is 11. The molecule has 172 valence electrons. The van der Waals surface area contributed by atoms with Gasteiger partial charge in [-0.25, -0.2) is 0 Å². The highest BCUT2D eigenvalue weighted by molar-refractivity contribution is 6.34. The molecule has 0 aliphatic rings. The van der Waals surface area contributed by atoms with Crippen LogP contribution in [0.3, 0.4) is 0 Å². The molecule has 0 saturated carbocycles. The third-order valence-electron chi connectivity index (χ3n) is 4.20. The van der Waals surface area contributed by atoms with Gasteiger partial charge in [0, 0.05) is 0 Å². The normalized spacial score (nSPS) is 11.7. The summed E-state index contributed by atoms with van der Waals surface area (Å²) in [6.45, 7) is 5.58. The van der Waals surface area contributed by atoms with E-state index in [0.717, 1.165) is 0 Å². The lowest BCUT2D eigenvalue weighted by Gasteiger charge is -2.17. The molecule has 2 aromatic carbocycles. The topological polar surface area (TPSA) is 108 Å². The van der Waals surface area contributed by atoms with Gasteiger partial charge in [-0.3, -0.25) is 9.59 Å². The van der Waals surface area contributed by atoms with Gasteiger partial charge in [-0.15, -0.1) is 0 Å². The van der Waals surface area contributed by atoms with Crippen molar-refractivity contribution in [3.05, 3.63) is 35.4 Å². The molecular weight excluding hydrogens is 438 g/mol. The van der Waals surface area contributed by atoms with Crippen molar-refractivity contribution in [2.24, 2.45) is 10.2 Å². The highest BCUT2D eigenvalue weighted by atomic mass is 35.5. The van der Waals surface area contributed by atoms with Crippen LogP contribution in [0.1, 0.15) is 20.8 Å². The van der Waals surface area contributed by atoms with Crippen molar-refractivity contribution in [3.63, 3.8) is 0 Å². The van der Waals surface area contributed by atoms with Crippen molar-refractivity contribution >= 4 is 34.7 Å². The summed E-state index contributed by atoms with van der Waals surface area (Å²) in [5.74, 6) is 0.245. The van der Waals surface area contributed by atoms with Gasteiger partial charge in [0.1, 0.15) is 16.5 Å². The molecule has 0 bridgehead atoms. The van der Waals surface area contributed by atoms with Crippen LogP contribution in [-0.2, 0) is 9.59 Å². The summed E-state index contributed by atoms with van der Waals surface area (Å²) in [5, 5.41) is 10.8. The Morgan fingerprint density at radius 3 is 2.31 bits per heavy atom. The van der Waals surface area contributed by atoms with Gasteiger partial charge in [0.15, 0.2) is 23.0 Å². The van der Waals surface area contributed by atoms with Crippen molar-refractivity contribution in [3.8, 4) is 23.0 Å². The van der Waals surface area contributed by atoms with Crippen LogP contribution in [0.25, 0.3) is 0 Å². The molecule has 10 heteroatoms. The zero-order valence-corrected chi connectivity index (χ0v) is 19.4. The number of ketones is 1. The van der Waals surface area contributed by atoms with E-state index in [2.05, 4.69) is 15.5 Å². The number of benzene rings is 2. The van der Waals surface area contributed by atoms with Crippen LogP contribution in [0.15, 0.2) is 40.6 Å². The van der Waals surface area contributed by atoms with Gasteiger partial charge in [-0.1, -0.05) is 17.7 Å². The fourth-order valence-electron chi connectivity index (χ4n) is 2.78. The number of nitrogens with zero attached hydrogens (tertiary/aromatic N) is 2. The van der Waals surface area contributed by atoms with Gasteiger partial charge in [-0.2, -0.15) is 10.2 Å². The third-order valence-corrected chi connectivity index (χ3v) is 4.56. The first-order chi connectivity index (χ1) is 15.4. The van der Waals surface area contributed by atoms with Gasteiger partial charge in [0.05, 0.1) is 33.1 Å². The number of methoxy groups -OCH3 is 2. The molecule has 2 rings (SSSR count). The summed E-state index contributed by atoms with van der Waals surface area (Å²) in [5.41, 5.74) is 0.593. The molecule has 0 saturated heterocycles. The monoisotopic (exact) mass is 463 g/mol. The molecule has 0 spiro atoms. The minimum atomic E-state index is -1.40. The molecule has 0 aliphatic carbocycles. The first kappa shape index (κ1) is 24.9. The number of para-hydroxylation sites is 1. The summed E-state index contributed by atoms with van der Waals surface area (Å²) in [6.07, 6.45) is 0. The number of anilines is 1. The molecule has 32 heavy (non-hydrogen) atoms. The number of nitrogens with one attached hydrogen (secondary N) is 1. The number of hydrogen-bond donors (Lipinski definition) is 1. The van der Waals surface area contributed by atoms with Crippen LogP contribution in [0.4, 0.5) is 11.4 Å². The molecular formula is C22H26ClN3O6. The lowest BCUT2D eigenvalue weighted by molar-refractivity contribution is -0.126. The van der Waals surface area contributed by atoms with Gasteiger partial charge < -0.3 is 24.3 Å². The molecule has 9 nitrogen and oxygen atoms in total. The first-order valence-corrected chi connectivity index (χ1v) is 10.3. The summed E-state index contributed by atoms with van der Waals surface area (Å²) in [4.78, 5) is 25.0. The second-order valence-corrected chi connectivity index (χ2v) is 6.73. The predicted molar refractivity (Wildman–Crippen MR) is 121 cm³/mol. The van der Waals surface area contributed by atoms with Gasteiger partial charge in [0.2, 0.25) is 6.04 Å². The summed E-state index contributed by atoms with van der Waals surface area (Å²) < 4.78 is 21.6. The largest absolute Gasteiger partial charge is 0.493 e. The van der Waals surface area contributed by atoms with Crippen molar-refractivity contribution in [2.45, 2.75) is 26.8 Å². The Balaban J connectivity index is 2.33. The Labute approximate surface area is 191 Å². The number of ether oxygens (including phenoxy) is 4. The number of carbonyl (C=O) groups excluding carboxylic acids is 2. The number of azo groups is 1. The van der Waals surface area contributed by atoms with E-state index in [-0.39, 0.29) is 16.5 Å². The molecule has 0 heterocycles. The van der Waals surface area contributed by atoms with Crippen molar-refractivity contribution < 1.29 is 28.5 Å². The number of amides is 1. The van der Waals surface area contributed by atoms with E-state index in [1.807, 2.05) is 6.92 Å². The van der Waals surface area contributed by atoms with E-state index in [4.69, 9.17) is 30.5 Å². The van der Waals surface area contributed by atoms with Crippen molar-refractivity contribution in [2.75, 3.05) is 32.8 Å². The summed E-state index contributed by atoms with van der Waals surface area (Å²) in [7, 11) is 2.94. The molecule has 1 atom stereocenters. The minimum Gasteiger partial charge on any atom is -0.493 e. The Morgan fingerprint density at radius 1 is 1.00 bits per heavy atom. The molecule has 2 aromatic rings. The fraction of sp³-hybridized carbons (Fsp3) is 0.364. The maximum atomic E-state index is 12.9. The first-order valence-electron chi connectivity index (χ1n) is 9.89. The number of Topliss-reactive ketones (excluding diaryl/α,β-unsaturated/α-hetero) is 1. The van der Waals surface area contributed by atoms with Crippen LogP contribution in [-0.4, -0.2) is 45.2 Å². The fourth-order valence-corrected chi connectivity index (χ4v) is 3.05. The van der Waals surface area contributed by atoms with Crippen LogP contribution in [0.5, 0.6) is 23.0 Å². The second kappa shape index (κ2) is 11.9. The van der Waals surface area contributed by atoms with Crippen molar-refractivity contribution in [1.29, 1.82) is 0 Å². The van der Waals surface area contributed by atoms with Crippen LogP contribution < -0.4 is 24.3 Å². The number of halogens is 1. The molecule has 0 aromatic heterocycles. The van der Waals surface area contributed by atoms with E-state index in [0.29, 0.717) is 36.1 Å². The van der Waals surface area contributed by atoms with Crippen LogP contribution in [0.2, 0.25) is 5.02 Å². The average Bonchev–Trinajstić information content (AvgIpc) is 2.77. The molecule has 0 aliphatic heterocycles. The standard InChI is InChI=1S/C22H26ClN3O6/c1-6-31-16-12-11-14(21(18(16)23)32-7-2)24-22(28)19(13(3)27)26-25-15-9-8-10-17(29-4)20(15)30-5/h8-12,19H,6-7H2,1-5H3,(H,24,28). The predicted octanol–water partition coefficient (Wildman–Crippen LogP) is 4.83. The lowest BCUT2D eigenvalue weighted by Crippen LogP contribution is -2.32. The Bertz CT molecular complexity index is 996. The summed E-state index contributed by atoms with van der Waals surface area (Å²) >= 11 is 6.36. The third kappa shape index (κ3) is 5.88. The Morgan fingerprint density at radius 2 is 1.72 bits per heavy atom. The Hall–Kier alpha value is -3.33. The average molecular weight is 464 g/mol. The quantitative estimate of drug-likeness (QED) is 0.377. The lowest BCUT2D eigenvalue weighted by atomic mass is 10.2. The molecule has 1 unspecified atom stereocenters. The second-order valence-electron chi connectivity index (χ2n) is 6.35. The zero-order chi connectivity index (χ0) is 23.7. The van der Waals surface area contributed by atoms with Gasteiger partial charge >= 0.3 is 0 Å². The van der Waals surface area contributed by atoms with Crippen molar-refractivity contribution in [1.82, 2.24) is 0 Å². The Kier molecular flexibility index (Phi) is 9.27. The molecule has 0 radical (unpaired) electrons. The summed E-state index contributed by atoms with van der Waals surface area (Å²) in [6, 6.07) is 6.80. The van der Waals surface area contributed by atoms with Crippen LogP contribution >= 0.6 is 11.6 Å². The SMILES string of the molecule is CCOc1ccc(NC(=O)C(N=Nc2cccc(OC)c2OC)C(C)=O)c(OCC)c1Cl. The van der Waals surface area contributed by atoms with E-state index < -0.39 is 17.7 Å². The maximum absolute atomic E-state index is 12.9. The van der Waals surface area contributed by atoms with E-state index in [1.165, 1.54) is 21.1 Å². The molecule has 0 fully saturated rings. The zero-order valence-electron chi connectivity index (χ0n) is 18.6. The van der Waals surface area contributed by atoms with Gasteiger partial charge in [0.25, 0.3) is 5.91 Å². The molecule has 1 N–H and O–H groups in total. The molecule has 1 amide bonds. The number of hydrogen-bond acceptors (Lipinski definition) is 8. The smallest absolute Gasteiger partial charge is 0.258 e.